The van der Waals surface area contributed by atoms with Crippen LogP contribution in [0.15, 0.2) is 21.7 Å². The average molecular weight is 324 g/mol. The van der Waals surface area contributed by atoms with E-state index in [0.29, 0.717) is 25.2 Å². The van der Waals surface area contributed by atoms with Gasteiger partial charge in [0.15, 0.2) is 0 Å². The number of anilines is 2. The zero-order chi connectivity index (χ0) is 14.0. The lowest BCUT2D eigenvalue weighted by Crippen LogP contribution is -2.25. The van der Waals surface area contributed by atoms with E-state index in [4.69, 9.17) is 11.3 Å². The Labute approximate surface area is 119 Å². The number of azide groups is 1. The second-order valence-corrected chi connectivity index (χ2v) is 5.50. The van der Waals surface area contributed by atoms with Gasteiger partial charge in [0.05, 0.1) is 11.4 Å². The lowest BCUT2D eigenvalue weighted by Gasteiger charge is -2.19. The van der Waals surface area contributed by atoms with Gasteiger partial charge in [-0.1, -0.05) is 21.0 Å². The van der Waals surface area contributed by atoms with Crippen LogP contribution in [0.2, 0.25) is 0 Å². The van der Waals surface area contributed by atoms with E-state index in [9.17, 15) is 4.79 Å². The van der Waals surface area contributed by atoms with Crippen LogP contribution in [0.1, 0.15) is 12.0 Å². The molecule has 1 aliphatic heterocycles. The number of carbonyl (C=O) groups excluding carboxylic acids is 1. The molecule has 0 aliphatic carbocycles. The molecule has 1 saturated heterocycles. The molecule has 19 heavy (non-hydrogen) atoms. The third-order valence-electron chi connectivity index (χ3n) is 3.21. The molecule has 0 saturated carbocycles. The van der Waals surface area contributed by atoms with Crippen molar-refractivity contribution >= 4 is 33.2 Å². The molecule has 1 aromatic carbocycles. The molecule has 1 fully saturated rings. The SMILES string of the molecule is Cc1cc(N2CC(CN=[N+]=[N-])CC2=O)c(N)cc1Br. The minimum absolute atomic E-state index is 0.0200. The topological polar surface area (TPSA) is 95.1 Å². The van der Waals surface area contributed by atoms with E-state index in [-0.39, 0.29) is 11.8 Å². The number of hydrogen-bond acceptors (Lipinski definition) is 3. The highest BCUT2D eigenvalue weighted by atomic mass is 79.9. The summed E-state index contributed by atoms with van der Waals surface area (Å²) in [5.41, 5.74) is 16.6. The van der Waals surface area contributed by atoms with Crippen LogP contribution < -0.4 is 10.6 Å². The number of rotatable bonds is 3. The summed E-state index contributed by atoms with van der Waals surface area (Å²) in [6.07, 6.45) is 0.396. The fourth-order valence-corrected chi connectivity index (χ4v) is 2.57. The van der Waals surface area contributed by atoms with Crippen molar-refractivity contribution in [2.75, 3.05) is 23.7 Å². The maximum atomic E-state index is 12.0. The minimum Gasteiger partial charge on any atom is -0.397 e. The Kier molecular flexibility index (Phi) is 3.97. The van der Waals surface area contributed by atoms with Gasteiger partial charge in [-0.2, -0.15) is 0 Å². The predicted octanol–water partition coefficient (Wildman–Crippen LogP) is 3.00. The summed E-state index contributed by atoms with van der Waals surface area (Å²) >= 11 is 3.41. The molecule has 1 heterocycles. The molecule has 0 radical (unpaired) electrons. The van der Waals surface area contributed by atoms with E-state index in [0.717, 1.165) is 15.7 Å². The van der Waals surface area contributed by atoms with Crippen LogP contribution in [0.25, 0.3) is 10.4 Å². The zero-order valence-corrected chi connectivity index (χ0v) is 12.1. The molecular formula is C12H14BrN5O. The van der Waals surface area contributed by atoms with E-state index < -0.39 is 0 Å². The molecule has 2 N–H and O–H groups in total. The highest BCUT2D eigenvalue weighted by Gasteiger charge is 2.31. The Balaban J connectivity index is 2.25. The van der Waals surface area contributed by atoms with Gasteiger partial charge in [0.25, 0.3) is 0 Å². The largest absolute Gasteiger partial charge is 0.397 e. The van der Waals surface area contributed by atoms with Crippen molar-refractivity contribution in [1.29, 1.82) is 0 Å². The fraction of sp³-hybridized carbons (Fsp3) is 0.417. The molecule has 0 aromatic heterocycles. The quantitative estimate of drug-likeness (QED) is 0.400. The summed E-state index contributed by atoms with van der Waals surface area (Å²) in [7, 11) is 0. The number of nitrogens with zero attached hydrogens (tertiary/aromatic N) is 4. The highest BCUT2D eigenvalue weighted by molar-refractivity contribution is 9.10. The van der Waals surface area contributed by atoms with Gasteiger partial charge in [-0.3, -0.25) is 4.79 Å². The first-order valence-corrected chi connectivity index (χ1v) is 6.69. The van der Waals surface area contributed by atoms with Crippen molar-refractivity contribution in [2.45, 2.75) is 13.3 Å². The lowest BCUT2D eigenvalue weighted by atomic mass is 10.1. The second kappa shape index (κ2) is 5.50. The van der Waals surface area contributed by atoms with Crippen molar-refractivity contribution in [3.63, 3.8) is 0 Å². The van der Waals surface area contributed by atoms with Crippen LogP contribution in [0.5, 0.6) is 0 Å². The lowest BCUT2D eigenvalue weighted by molar-refractivity contribution is -0.117. The molecule has 0 spiro atoms. The summed E-state index contributed by atoms with van der Waals surface area (Å²) < 4.78 is 0.922. The molecule has 6 nitrogen and oxygen atoms in total. The van der Waals surface area contributed by atoms with E-state index in [1.807, 2.05) is 13.0 Å². The van der Waals surface area contributed by atoms with Gasteiger partial charge in [-0.15, -0.1) is 0 Å². The highest BCUT2D eigenvalue weighted by Crippen LogP contribution is 2.33. The summed E-state index contributed by atoms with van der Waals surface area (Å²) in [4.78, 5) is 16.4. The van der Waals surface area contributed by atoms with Crippen LogP contribution in [0, 0.1) is 12.8 Å². The molecule has 1 aliphatic rings. The van der Waals surface area contributed by atoms with Gasteiger partial charge in [0.1, 0.15) is 0 Å². The van der Waals surface area contributed by atoms with Crippen molar-refractivity contribution < 1.29 is 4.79 Å². The minimum atomic E-state index is 0.0200. The molecule has 2 rings (SSSR count). The molecule has 100 valence electrons. The summed E-state index contributed by atoms with van der Waals surface area (Å²) in [6.45, 7) is 2.84. The molecule has 1 aromatic rings. The predicted molar refractivity (Wildman–Crippen MR) is 77.8 cm³/mol. The standard InChI is InChI=1S/C12H14BrN5O/c1-7-2-11(10(14)4-9(7)13)18-6-8(3-12(18)19)5-16-17-15/h2,4,8H,3,5-6,14H2,1H3. The Morgan fingerprint density at radius 2 is 2.37 bits per heavy atom. The molecule has 1 amide bonds. The number of carbonyl (C=O) groups is 1. The van der Waals surface area contributed by atoms with Crippen molar-refractivity contribution in [3.05, 3.63) is 32.6 Å². The molecule has 1 atom stereocenters. The van der Waals surface area contributed by atoms with Gasteiger partial charge in [0.2, 0.25) is 5.91 Å². The van der Waals surface area contributed by atoms with E-state index in [2.05, 4.69) is 26.0 Å². The van der Waals surface area contributed by atoms with Crippen LogP contribution in [-0.2, 0) is 4.79 Å². The number of benzene rings is 1. The Morgan fingerprint density at radius 3 is 3.05 bits per heavy atom. The maximum Gasteiger partial charge on any atom is 0.227 e. The first kappa shape index (κ1) is 13.7. The van der Waals surface area contributed by atoms with Crippen LogP contribution >= 0.6 is 15.9 Å². The summed E-state index contributed by atoms with van der Waals surface area (Å²) in [6, 6.07) is 3.70. The Bertz CT molecular complexity index is 567. The van der Waals surface area contributed by atoms with Gasteiger partial charge in [-0.05, 0) is 36.1 Å². The number of halogens is 1. The Hall–Kier alpha value is -1.72. The molecule has 1 unspecified atom stereocenters. The normalized spacial score (nSPS) is 18.5. The third-order valence-corrected chi connectivity index (χ3v) is 4.06. The molecule has 0 bridgehead atoms. The number of aryl methyl sites for hydroxylation is 1. The smallest absolute Gasteiger partial charge is 0.227 e. The van der Waals surface area contributed by atoms with Gasteiger partial charge in [-0.25, -0.2) is 0 Å². The molecule has 7 heteroatoms. The molecular weight excluding hydrogens is 310 g/mol. The first-order valence-electron chi connectivity index (χ1n) is 5.89. The van der Waals surface area contributed by atoms with Crippen molar-refractivity contribution in [3.8, 4) is 0 Å². The number of hydrogen-bond donors (Lipinski definition) is 1. The van der Waals surface area contributed by atoms with E-state index in [1.165, 1.54) is 0 Å². The van der Waals surface area contributed by atoms with E-state index >= 15 is 0 Å². The van der Waals surface area contributed by atoms with Gasteiger partial charge in [0, 0.05) is 28.9 Å². The van der Waals surface area contributed by atoms with Gasteiger partial charge < -0.3 is 10.6 Å². The average Bonchev–Trinajstić information content (AvgIpc) is 2.72. The maximum absolute atomic E-state index is 12.0. The van der Waals surface area contributed by atoms with E-state index in [1.54, 1.807) is 11.0 Å². The Morgan fingerprint density at radius 1 is 1.63 bits per heavy atom. The fourth-order valence-electron chi connectivity index (χ4n) is 2.20. The number of nitrogen functional groups attached to an aromatic ring is 1. The van der Waals surface area contributed by atoms with Crippen LogP contribution in [-0.4, -0.2) is 19.0 Å². The van der Waals surface area contributed by atoms with Crippen LogP contribution in [0.4, 0.5) is 11.4 Å². The number of nitrogens with two attached hydrogens (primary N) is 1. The summed E-state index contributed by atoms with van der Waals surface area (Å²) in [5.74, 6) is 0.0818. The van der Waals surface area contributed by atoms with Crippen molar-refractivity contribution in [1.82, 2.24) is 0 Å². The van der Waals surface area contributed by atoms with Crippen molar-refractivity contribution in [2.24, 2.45) is 11.0 Å². The van der Waals surface area contributed by atoms with Gasteiger partial charge >= 0.3 is 0 Å². The third kappa shape index (κ3) is 2.83. The first-order chi connectivity index (χ1) is 9.02. The van der Waals surface area contributed by atoms with Crippen LogP contribution in [0.3, 0.4) is 0 Å². The zero-order valence-electron chi connectivity index (χ0n) is 10.5. The number of amides is 1. The summed E-state index contributed by atoms with van der Waals surface area (Å²) in [5, 5.41) is 3.53. The second-order valence-electron chi connectivity index (χ2n) is 4.65. The monoisotopic (exact) mass is 323 g/mol.